The van der Waals surface area contributed by atoms with Crippen LogP contribution >= 0.6 is 0 Å². The lowest BCUT2D eigenvalue weighted by Gasteiger charge is -2.31. The van der Waals surface area contributed by atoms with Gasteiger partial charge in [0.05, 0.1) is 12.2 Å². The van der Waals surface area contributed by atoms with Gasteiger partial charge < -0.3 is 26.0 Å². The Morgan fingerprint density at radius 3 is 2.86 bits per heavy atom. The zero-order chi connectivity index (χ0) is 25.5. The molecular formula is C27H34N6O3. The number of ether oxygens (including phenoxy) is 1. The van der Waals surface area contributed by atoms with Crippen molar-refractivity contribution in [3.63, 3.8) is 0 Å². The minimum Gasteiger partial charge on any atom is -0.474 e. The number of fused-ring (bicyclic) bond motifs is 1. The van der Waals surface area contributed by atoms with Crippen LogP contribution in [0.25, 0.3) is 0 Å². The van der Waals surface area contributed by atoms with Gasteiger partial charge in [-0.25, -0.2) is 4.98 Å². The van der Waals surface area contributed by atoms with E-state index >= 15 is 0 Å². The van der Waals surface area contributed by atoms with Crippen molar-refractivity contribution in [3.8, 4) is 5.88 Å². The lowest BCUT2D eigenvalue weighted by molar-refractivity contribution is -0.122. The minimum absolute atomic E-state index is 0.298. The van der Waals surface area contributed by atoms with Crippen molar-refractivity contribution in [2.75, 3.05) is 25.1 Å². The largest absolute Gasteiger partial charge is 0.474 e. The molecule has 1 aromatic heterocycles. The maximum Gasteiger partial charge on any atom is 0.252 e. The zero-order valence-corrected chi connectivity index (χ0v) is 20.9. The number of aryl methyl sites for hydroxylation is 1. The topological polar surface area (TPSA) is 122 Å². The number of anilines is 2. The highest BCUT2D eigenvalue weighted by Crippen LogP contribution is 2.36. The summed E-state index contributed by atoms with van der Waals surface area (Å²) in [5.74, 6) is 0.382. The average Bonchev–Trinajstić information content (AvgIpc) is 3.40. The number of nitrogens with two attached hydrogens (primary N) is 1. The molecular weight excluding hydrogens is 456 g/mol. The first-order valence-electron chi connectivity index (χ1n) is 12.4. The number of aliphatic imine (C=N–C) groups is 1. The molecule has 1 aliphatic heterocycles. The smallest absolute Gasteiger partial charge is 0.252 e. The van der Waals surface area contributed by atoms with Gasteiger partial charge in [-0.15, -0.1) is 0 Å². The van der Waals surface area contributed by atoms with Gasteiger partial charge in [0, 0.05) is 36.9 Å². The molecule has 2 heterocycles. The normalized spacial score (nSPS) is 16.9. The second kappa shape index (κ2) is 11.7. The molecule has 0 radical (unpaired) electrons. The van der Waals surface area contributed by atoms with Crippen LogP contribution < -0.4 is 26.0 Å². The van der Waals surface area contributed by atoms with Crippen molar-refractivity contribution in [3.05, 3.63) is 59.6 Å². The average molecular weight is 491 g/mol. The number of nitrogens with zero attached hydrogens (tertiary/aromatic N) is 3. The number of allylic oxidation sites excluding steroid dienone is 1. The fourth-order valence-electron chi connectivity index (χ4n) is 4.82. The fraction of sp³-hybridized carbons (Fsp3) is 0.407. The Balaban J connectivity index is 1.53. The van der Waals surface area contributed by atoms with Crippen molar-refractivity contribution in [2.45, 2.75) is 45.1 Å². The maximum atomic E-state index is 13.3. The van der Waals surface area contributed by atoms with Gasteiger partial charge in [-0.1, -0.05) is 31.7 Å². The third kappa shape index (κ3) is 6.02. The molecule has 1 aliphatic carbocycles. The van der Waals surface area contributed by atoms with E-state index in [1.807, 2.05) is 31.2 Å². The summed E-state index contributed by atoms with van der Waals surface area (Å²) in [6.45, 7) is 3.13. The van der Waals surface area contributed by atoms with E-state index in [0.717, 1.165) is 42.6 Å². The molecule has 4 N–H and O–H groups in total. The fourth-order valence-corrected chi connectivity index (χ4v) is 4.82. The standard InChI is InChI=1S/C27H34N6O3/c1-18-12-24-27(30-16-18)36-11-10-33(24)22-9-5-8-20(14-22)25(34)32-23(13-19-6-3-4-7-19)26(35)31-21(15-28)17-29-2/h5,8-9,12,14-17,19,23H,3-4,6-7,10-11,13,28H2,1-2H3,(H,31,35)(H,32,34)/b21-15+,29-17?/t23-/m0/s1. The van der Waals surface area contributed by atoms with Crippen LogP contribution in [0.15, 0.2) is 53.4 Å². The van der Waals surface area contributed by atoms with Crippen molar-refractivity contribution < 1.29 is 14.3 Å². The van der Waals surface area contributed by atoms with Crippen LogP contribution in [0.2, 0.25) is 0 Å². The Kier molecular flexibility index (Phi) is 8.20. The predicted octanol–water partition coefficient (Wildman–Crippen LogP) is 3.22. The second-order valence-corrected chi connectivity index (χ2v) is 9.30. The number of pyridine rings is 1. The number of rotatable bonds is 8. The van der Waals surface area contributed by atoms with E-state index < -0.39 is 6.04 Å². The van der Waals surface area contributed by atoms with Crippen LogP contribution in [-0.2, 0) is 4.79 Å². The van der Waals surface area contributed by atoms with E-state index in [4.69, 9.17) is 10.5 Å². The molecule has 2 aliphatic rings. The lowest BCUT2D eigenvalue weighted by atomic mass is 9.97. The number of benzene rings is 1. The number of hydrogen-bond acceptors (Lipinski definition) is 7. The quantitative estimate of drug-likeness (QED) is 0.489. The summed E-state index contributed by atoms with van der Waals surface area (Å²) in [7, 11) is 1.60. The Morgan fingerprint density at radius 2 is 2.11 bits per heavy atom. The van der Waals surface area contributed by atoms with E-state index in [-0.39, 0.29) is 11.8 Å². The van der Waals surface area contributed by atoms with Gasteiger partial charge in [0.1, 0.15) is 18.3 Å². The summed E-state index contributed by atoms with van der Waals surface area (Å²) in [5.41, 5.74) is 9.26. The number of hydrogen-bond donors (Lipinski definition) is 3. The summed E-state index contributed by atoms with van der Waals surface area (Å²) in [5, 5.41) is 5.75. The number of amides is 2. The lowest BCUT2D eigenvalue weighted by Crippen LogP contribution is -2.47. The van der Waals surface area contributed by atoms with E-state index in [1.54, 1.807) is 19.3 Å². The number of carbonyl (C=O) groups excluding carboxylic acids is 2. The molecule has 0 saturated heterocycles. The Labute approximate surface area is 211 Å². The summed E-state index contributed by atoms with van der Waals surface area (Å²) < 4.78 is 5.71. The third-order valence-electron chi connectivity index (χ3n) is 6.61. The monoisotopic (exact) mass is 490 g/mol. The zero-order valence-electron chi connectivity index (χ0n) is 20.9. The molecule has 2 amide bonds. The third-order valence-corrected chi connectivity index (χ3v) is 6.61. The molecule has 1 fully saturated rings. The van der Waals surface area contributed by atoms with E-state index in [9.17, 15) is 9.59 Å². The summed E-state index contributed by atoms with van der Waals surface area (Å²) in [6, 6.07) is 8.75. The highest BCUT2D eigenvalue weighted by Gasteiger charge is 2.28. The SMILES string of the molecule is CN=C/C(=C\N)NC(=O)[C@H](CC1CCCC1)NC(=O)c1cccc(N2CCOc3ncc(C)cc32)c1. The first kappa shape index (κ1) is 25.2. The molecule has 1 aromatic carbocycles. The molecule has 1 atom stereocenters. The van der Waals surface area contributed by atoms with Crippen LogP contribution in [-0.4, -0.2) is 49.3 Å². The van der Waals surface area contributed by atoms with Crippen molar-refractivity contribution in [2.24, 2.45) is 16.6 Å². The molecule has 0 spiro atoms. The van der Waals surface area contributed by atoms with Crippen molar-refractivity contribution in [1.29, 1.82) is 0 Å². The first-order valence-corrected chi connectivity index (χ1v) is 12.4. The number of nitrogens with one attached hydrogen (secondary N) is 2. The molecule has 1 saturated carbocycles. The predicted molar refractivity (Wildman–Crippen MR) is 141 cm³/mol. The first-order chi connectivity index (χ1) is 17.5. The van der Waals surface area contributed by atoms with Crippen LogP contribution in [0.3, 0.4) is 0 Å². The highest BCUT2D eigenvalue weighted by atomic mass is 16.5. The Hall–Kier alpha value is -3.88. The summed E-state index contributed by atoms with van der Waals surface area (Å²) >= 11 is 0. The molecule has 0 bridgehead atoms. The molecule has 4 rings (SSSR count). The maximum absolute atomic E-state index is 13.3. The summed E-state index contributed by atoms with van der Waals surface area (Å²) in [4.78, 5) is 36.9. The van der Waals surface area contributed by atoms with Crippen molar-refractivity contribution >= 4 is 29.4 Å². The van der Waals surface area contributed by atoms with E-state index in [1.165, 1.54) is 12.4 Å². The van der Waals surface area contributed by atoms with Crippen LogP contribution in [0.4, 0.5) is 11.4 Å². The van der Waals surface area contributed by atoms with Gasteiger partial charge in [-0.3, -0.25) is 14.6 Å². The van der Waals surface area contributed by atoms with Crippen LogP contribution in [0.1, 0.15) is 48.0 Å². The molecule has 9 heteroatoms. The molecule has 9 nitrogen and oxygen atoms in total. The van der Waals surface area contributed by atoms with Gasteiger partial charge in [-0.2, -0.15) is 0 Å². The molecule has 2 aromatic rings. The van der Waals surface area contributed by atoms with Gasteiger partial charge in [0.2, 0.25) is 11.8 Å². The van der Waals surface area contributed by atoms with Gasteiger partial charge in [0.25, 0.3) is 5.91 Å². The van der Waals surface area contributed by atoms with E-state index in [2.05, 4.69) is 25.5 Å². The van der Waals surface area contributed by atoms with Gasteiger partial charge in [0.15, 0.2) is 0 Å². The molecule has 36 heavy (non-hydrogen) atoms. The highest BCUT2D eigenvalue weighted by molar-refractivity contribution is 5.99. The van der Waals surface area contributed by atoms with E-state index in [0.29, 0.717) is 42.6 Å². The van der Waals surface area contributed by atoms with Crippen LogP contribution in [0.5, 0.6) is 5.88 Å². The number of aromatic nitrogens is 1. The van der Waals surface area contributed by atoms with Crippen LogP contribution in [0, 0.1) is 12.8 Å². The Bertz CT molecular complexity index is 1160. The Morgan fingerprint density at radius 1 is 1.31 bits per heavy atom. The molecule has 0 unspecified atom stereocenters. The molecule has 190 valence electrons. The second-order valence-electron chi connectivity index (χ2n) is 9.30. The van der Waals surface area contributed by atoms with Gasteiger partial charge in [-0.05, 0) is 49.1 Å². The minimum atomic E-state index is -0.680. The number of carbonyl (C=O) groups is 2. The van der Waals surface area contributed by atoms with Gasteiger partial charge >= 0.3 is 0 Å². The van der Waals surface area contributed by atoms with Crippen molar-refractivity contribution in [1.82, 2.24) is 15.6 Å². The summed E-state index contributed by atoms with van der Waals surface area (Å²) in [6.07, 6.45) is 9.57.